The lowest BCUT2D eigenvalue weighted by molar-refractivity contribution is 1.34. The molecule has 2 heteroatoms. The van der Waals surface area contributed by atoms with Gasteiger partial charge in [0.1, 0.15) is 0 Å². The Kier molecular flexibility index (Phi) is 3.18. The number of pyridine rings is 1. The SMILES string of the molecule is O=c1[nH]c2ccccc2c2c(-c3ccc4ccc5cccc6ccc3c4c56)cccc12. The van der Waals surface area contributed by atoms with Crippen molar-refractivity contribution in [2.75, 3.05) is 0 Å². The second-order valence-corrected chi connectivity index (χ2v) is 8.20. The van der Waals surface area contributed by atoms with Crippen LogP contribution in [-0.4, -0.2) is 4.98 Å². The molecule has 0 aliphatic carbocycles. The molecule has 0 saturated carbocycles. The molecule has 0 aliphatic rings. The molecule has 1 heterocycles. The molecule has 1 N–H and O–H groups in total. The Hall–Kier alpha value is -4.17. The van der Waals surface area contributed by atoms with E-state index in [4.69, 9.17) is 0 Å². The molecule has 2 nitrogen and oxygen atoms in total. The van der Waals surface area contributed by atoms with E-state index in [0.29, 0.717) is 0 Å². The predicted octanol–water partition coefficient (Wildman–Crippen LogP) is 7.25. The number of rotatable bonds is 1. The zero-order chi connectivity index (χ0) is 20.5. The van der Waals surface area contributed by atoms with Crippen LogP contribution in [0.25, 0.3) is 65.1 Å². The molecule has 31 heavy (non-hydrogen) atoms. The Labute approximate surface area is 177 Å². The van der Waals surface area contributed by atoms with Gasteiger partial charge in [0.15, 0.2) is 0 Å². The highest BCUT2D eigenvalue weighted by molar-refractivity contribution is 6.27. The third-order valence-electron chi connectivity index (χ3n) is 6.57. The van der Waals surface area contributed by atoms with Gasteiger partial charge in [-0.1, -0.05) is 84.9 Å². The van der Waals surface area contributed by atoms with E-state index in [1.54, 1.807) is 0 Å². The predicted molar refractivity (Wildman–Crippen MR) is 131 cm³/mol. The van der Waals surface area contributed by atoms with Crippen molar-refractivity contribution >= 4 is 54.0 Å². The van der Waals surface area contributed by atoms with E-state index in [1.165, 1.54) is 32.3 Å². The number of aromatic amines is 1. The molecule has 144 valence electrons. The standard InChI is InChI=1S/C29H17NO/c31-29-24-9-4-8-21(28(24)23-7-1-2-10-25(23)30-29)20-15-13-19-12-11-17-5-3-6-18-14-16-22(20)27(19)26(17)18/h1-16H,(H,30,31). The fourth-order valence-corrected chi connectivity index (χ4v) is 5.23. The van der Waals surface area contributed by atoms with Crippen LogP contribution in [0.2, 0.25) is 0 Å². The minimum Gasteiger partial charge on any atom is -0.321 e. The molecule has 0 spiro atoms. The van der Waals surface area contributed by atoms with Crippen LogP contribution in [0, 0.1) is 0 Å². The van der Waals surface area contributed by atoms with Crippen molar-refractivity contribution in [1.29, 1.82) is 0 Å². The highest BCUT2D eigenvalue weighted by Gasteiger charge is 2.15. The fraction of sp³-hybridized carbons (Fsp3) is 0. The zero-order valence-corrected chi connectivity index (χ0v) is 16.6. The van der Waals surface area contributed by atoms with Crippen molar-refractivity contribution in [2.45, 2.75) is 0 Å². The van der Waals surface area contributed by atoms with Gasteiger partial charge in [0, 0.05) is 21.7 Å². The number of nitrogens with one attached hydrogen (secondary N) is 1. The Balaban J connectivity index is 1.71. The topological polar surface area (TPSA) is 32.9 Å². The average molecular weight is 395 g/mol. The van der Waals surface area contributed by atoms with E-state index in [9.17, 15) is 4.79 Å². The van der Waals surface area contributed by atoms with E-state index in [1.807, 2.05) is 30.3 Å². The highest BCUT2D eigenvalue weighted by atomic mass is 16.1. The van der Waals surface area contributed by atoms with Crippen molar-refractivity contribution in [1.82, 2.24) is 4.98 Å². The summed E-state index contributed by atoms with van der Waals surface area (Å²) in [6.45, 7) is 0. The van der Waals surface area contributed by atoms with Gasteiger partial charge in [-0.3, -0.25) is 4.79 Å². The van der Waals surface area contributed by atoms with E-state index in [-0.39, 0.29) is 5.56 Å². The molecule has 0 unspecified atom stereocenters. The molecular weight excluding hydrogens is 378 g/mol. The van der Waals surface area contributed by atoms with Crippen LogP contribution in [-0.2, 0) is 0 Å². The Morgan fingerprint density at radius 2 is 1.13 bits per heavy atom. The summed E-state index contributed by atoms with van der Waals surface area (Å²) in [4.78, 5) is 15.9. The van der Waals surface area contributed by atoms with Crippen LogP contribution in [0.4, 0.5) is 0 Å². The van der Waals surface area contributed by atoms with Crippen LogP contribution in [0.1, 0.15) is 0 Å². The summed E-state index contributed by atoms with van der Waals surface area (Å²) in [5.41, 5.74) is 3.07. The van der Waals surface area contributed by atoms with E-state index >= 15 is 0 Å². The first-order chi connectivity index (χ1) is 15.3. The molecule has 0 amide bonds. The number of hydrogen-bond donors (Lipinski definition) is 1. The maximum atomic E-state index is 12.9. The second-order valence-electron chi connectivity index (χ2n) is 8.20. The Morgan fingerprint density at radius 1 is 0.452 bits per heavy atom. The van der Waals surface area contributed by atoms with Crippen molar-refractivity contribution in [3.8, 4) is 11.1 Å². The maximum absolute atomic E-state index is 12.9. The highest BCUT2D eigenvalue weighted by Crippen LogP contribution is 2.41. The van der Waals surface area contributed by atoms with Gasteiger partial charge in [-0.25, -0.2) is 0 Å². The molecule has 0 fully saturated rings. The number of para-hydroxylation sites is 1. The van der Waals surface area contributed by atoms with Crippen molar-refractivity contribution in [2.24, 2.45) is 0 Å². The second kappa shape index (κ2) is 5.93. The van der Waals surface area contributed by atoms with Crippen LogP contribution >= 0.6 is 0 Å². The molecule has 0 bridgehead atoms. The zero-order valence-electron chi connectivity index (χ0n) is 16.6. The lowest BCUT2D eigenvalue weighted by Crippen LogP contribution is -2.06. The smallest absolute Gasteiger partial charge is 0.256 e. The third-order valence-corrected chi connectivity index (χ3v) is 6.57. The molecular formula is C29H17NO. The minimum absolute atomic E-state index is 0.0479. The van der Waals surface area contributed by atoms with Crippen molar-refractivity contribution in [3.63, 3.8) is 0 Å². The van der Waals surface area contributed by atoms with Gasteiger partial charge in [-0.15, -0.1) is 0 Å². The Morgan fingerprint density at radius 3 is 2.00 bits per heavy atom. The molecule has 7 rings (SSSR count). The largest absolute Gasteiger partial charge is 0.321 e. The average Bonchev–Trinajstić information content (AvgIpc) is 2.82. The minimum atomic E-state index is -0.0479. The van der Waals surface area contributed by atoms with Gasteiger partial charge in [0.25, 0.3) is 5.56 Å². The van der Waals surface area contributed by atoms with Crippen molar-refractivity contribution in [3.05, 3.63) is 107 Å². The number of hydrogen-bond acceptors (Lipinski definition) is 1. The maximum Gasteiger partial charge on any atom is 0.256 e. The lowest BCUT2D eigenvalue weighted by atomic mass is 9.88. The lowest BCUT2D eigenvalue weighted by Gasteiger charge is -2.16. The monoisotopic (exact) mass is 395 g/mol. The molecule has 6 aromatic carbocycles. The third kappa shape index (κ3) is 2.19. The number of benzene rings is 6. The van der Waals surface area contributed by atoms with Gasteiger partial charge in [-0.05, 0) is 55.6 Å². The first-order valence-electron chi connectivity index (χ1n) is 10.5. The van der Waals surface area contributed by atoms with Gasteiger partial charge >= 0.3 is 0 Å². The summed E-state index contributed by atoms with van der Waals surface area (Å²) < 4.78 is 0. The summed E-state index contributed by atoms with van der Waals surface area (Å²) in [5, 5.41) is 10.4. The summed E-state index contributed by atoms with van der Waals surface area (Å²) in [7, 11) is 0. The van der Waals surface area contributed by atoms with E-state index < -0.39 is 0 Å². The van der Waals surface area contributed by atoms with Crippen LogP contribution in [0.3, 0.4) is 0 Å². The van der Waals surface area contributed by atoms with Gasteiger partial charge < -0.3 is 4.98 Å². The van der Waals surface area contributed by atoms with Gasteiger partial charge in [0.05, 0.1) is 0 Å². The molecule has 0 atom stereocenters. The summed E-state index contributed by atoms with van der Waals surface area (Å²) >= 11 is 0. The van der Waals surface area contributed by atoms with Gasteiger partial charge in [-0.2, -0.15) is 0 Å². The first-order valence-corrected chi connectivity index (χ1v) is 10.5. The summed E-state index contributed by atoms with van der Waals surface area (Å²) in [6.07, 6.45) is 0. The molecule has 0 radical (unpaired) electrons. The van der Waals surface area contributed by atoms with Gasteiger partial charge in [0.2, 0.25) is 0 Å². The summed E-state index contributed by atoms with van der Waals surface area (Å²) in [6, 6.07) is 33.8. The van der Waals surface area contributed by atoms with Crippen molar-refractivity contribution < 1.29 is 0 Å². The molecule has 7 aromatic rings. The Bertz CT molecular complexity index is 1840. The number of H-pyrrole nitrogens is 1. The van der Waals surface area contributed by atoms with E-state index in [2.05, 4.69) is 71.7 Å². The molecule has 0 aliphatic heterocycles. The molecule has 0 saturated heterocycles. The van der Waals surface area contributed by atoms with Crippen LogP contribution in [0.15, 0.2) is 102 Å². The normalized spacial score (nSPS) is 12.0. The molecule has 1 aromatic heterocycles. The first kappa shape index (κ1) is 16.6. The van der Waals surface area contributed by atoms with Crippen LogP contribution < -0.4 is 5.56 Å². The number of fused-ring (bicyclic) bond motifs is 3. The quantitative estimate of drug-likeness (QED) is 0.292. The van der Waals surface area contributed by atoms with E-state index in [0.717, 1.165) is 32.8 Å². The number of aromatic nitrogens is 1. The van der Waals surface area contributed by atoms with Crippen LogP contribution in [0.5, 0.6) is 0 Å². The summed E-state index contributed by atoms with van der Waals surface area (Å²) in [5.74, 6) is 0. The fourth-order valence-electron chi connectivity index (χ4n) is 5.23.